The van der Waals surface area contributed by atoms with Crippen LogP contribution in [0.25, 0.3) is 0 Å². The van der Waals surface area contributed by atoms with Gasteiger partial charge in [-0.3, -0.25) is 14.5 Å². The molecule has 0 aromatic carbocycles. The molecule has 3 heterocycles. The van der Waals surface area contributed by atoms with Crippen LogP contribution in [0.3, 0.4) is 0 Å². The predicted octanol–water partition coefficient (Wildman–Crippen LogP) is 0.388. The third-order valence-corrected chi connectivity index (χ3v) is 3.65. The maximum absolute atomic E-state index is 12.4. The molecule has 0 radical (unpaired) electrons. The zero-order chi connectivity index (χ0) is 15.7. The Balaban J connectivity index is 1.67. The second-order valence-electron chi connectivity index (χ2n) is 5.47. The highest BCUT2D eigenvalue weighted by molar-refractivity contribution is 5.94. The Hall–Kier alpha value is -2.41. The minimum atomic E-state index is -0.720. The second-order valence-corrected chi connectivity index (χ2v) is 5.47. The number of rotatable bonds is 3. The van der Waals surface area contributed by atoms with Crippen molar-refractivity contribution in [2.24, 2.45) is 7.05 Å². The number of aliphatic hydroxyl groups excluding tert-OH is 1. The van der Waals surface area contributed by atoms with Crippen molar-refractivity contribution in [3.8, 4) is 5.75 Å². The molecule has 7 nitrogen and oxygen atoms in total. The molecule has 1 aliphatic heterocycles. The van der Waals surface area contributed by atoms with Crippen LogP contribution in [-0.4, -0.2) is 56.0 Å². The number of hydrogen-bond acceptors (Lipinski definition) is 5. The van der Waals surface area contributed by atoms with E-state index in [-0.39, 0.29) is 12.5 Å². The first-order chi connectivity index (χ1) is 10.5. The van der Waals surface area contributed by atoms with Gasteiger partial charge >= 0.3 is 0 Å². The number of carbonyl (C=O) groups excluding carboxylic acids is 1. The van der Waals surface area contributed by atoms with Crippen LogP contribution in [0.1, 0.15) is 16.1 Å². The number of ether oxygens (including phenoxy) is 1. The molecule has 1 amide bonds. The first-order valence-corrected chi connectivity index (χ1v) is 7.08. The van der Waals surface area contributed by atoms with Gasteiger partial charge in [-0.1, -0.05) is 0 Å². The Labute approximate surface area is 128 Å². The first-order valence-electron chi connectivity index (χ1n) is 7.08. The van der Waals surface area contributed by atoms with Gasteiger partial charge in [0.05, 0.1) is 31.0 Å². The summed E-state index contributed by atoms with van der Waals surface area (Å²) in [7, 11) is 1.79. The van der Waals surface area contributed by atoms with E-state index in [9.17, 15) is 9.90 Å². The van der Waals surface area contributed by atoms with Crippen LogP contribution in [0.4, 0.5) is 0 Å². The maximum atomic E-state index is 12.4. The summed E-state index contributed by atoms with van der Waals surface area (Å²) in [6.07, 6.45) is 3.69. The molecule has 7 heteroatoms. The SMILES string of the molecule is Cc1ccc(C(=O)N2C[C@@H](O)[C@H](Oc3cnn(C)c3)C2)cn1. The van der Waals surface area contributed by atoms with Crippen molar-refractivity contribution >= 4 is 5.91 Å². The summed E-state index contributed by atoms with van der Waals surface area (Å²) in [6, 6.07) is 3.54. The van der Waals surface area contributed by atoms with Crippen molar-refractivity contribution in [3.05, 3.63) is 42.0 Å². The lowest BCUT2D eigenvalue weighted by molar-refractivity contribution is 0.0729. The number of carbonyl (C=O) groups is 1. The van der Waals surface area contributed by atoms with Crippen LogP contribution in [0, 0.1) is 6.92 Å². The number of amides is 1. The zero-order valence-corrected chi connectivity index (χ0v) is 12.5. The van der Waals surface area contributed by atoms with Crippen molar-refractivity contribution < 1.29 is 14.6 Å². The summed E-state index contributed by atoms with van der Waals surface area (Å²) in [4.78, 5) is 18.1. The van der Waals surface area contributed by atoms with Crippen molar-refractivity contribution in [2.45, 2.75) is 19.1 Å². The highest BCUT2D eigenvalue weighted by Gasteiger charge is 2.36. The van der Waals surface area contributed by atoms with E-state index >= 15 is 0 Å². The molecule has 0 saturated carbocycles. The number of aliphatic hydroxyl groups is 1. The molecule has 22 heavy (non-hydrogen) atoms. The smallest absolute Gasteiger partial charge is 0.255 e. The monoisotopic (exact) mass is 302 g/mol. The predicted molar refractivity (Wildman–Crippen MR) is 78.5 cm³/mol. The Kier molecular flexibility index (Phi) is 3.81. The number of nitrogens with zero attached hydrogens (tertiary/aromatic N) is 4. The van der Waals surface area contributed by atoms with Crippen LogP contribution >= 0.6 is 0 Å². The fourth-order valence-electron chi connectivity index (χ4n) is 2.45. The topological polar surface area (TPSA) is 80.5 Å². The third kappa shape index (κ3) is 2.94. The van der Waals surface area contributed by atoms with Gasteiger partial charge in [-0.05, 0) is 19.1 Å². The Morgan fingerprint density at radius 3 is 2.82 bits per heavy atom. The van der Waals surface area contributed by atoms with E-state index in [1.165, 1.54) is 0 Å². The molecule has 0 aliphatic carbocycles. The molecular formula is C15H18N4O3. The van der Waals surface area contributed by atoms with Gasteiger partial charge in [0.25, 0.3) is 5.91 Å². The van der Waals surface area contributed by atoms with Crippen LogP contribution in [0.15, 0.2) is 30.7 Å². The van der Waals surface area contributed by atoms with Gasteiger partial charge in [-0.15, -0.1) is 0 Å². The molecule has 0 unspecified atom stereocenters. The van der Waals surface area contributed by atoms with E-state index in [2.05, 4.69) is 10.1 Å². The molecule has 2 aromatic heterocycles. The van der Waals surface area contributed by atoms with Gasteiger partial charge in [0, 0.05) is 18.9 Å². The molecule has 2 aromatic rings. The van der Waals surface area contributed by atoms with Crippen LogP contribution < -0.4 is 4.74 Å². The quantitative estimate of drug-likeness (QED) is 0.887. The Morgan fingerprint density at radius 1 is 1.36 bits per heavy atom. The lowest BCUT2D eigenvalue weighted by Gasteiger charge is -2.16. The van der Waals surface area contributed by atoms with Gasteiger partial charge in [-0.25, -0.2) is 0 Å². The number of hydrogen-bond donors (Lipinski definition) is 1. The fourth-order valence-corrected chi connectivity index (χ4v) is 2.45. The largest absolute Gasteiger partial charge is 0.482 e. The first kappa shape index (κ1) is 14.5. The summed E-state index contributed by atoms with van der Waals surface area (Å²) >= 11 is 0. The molecule has 1 saturated heterocycles. The molecule has 0 bridgehead atoms. The second kappa shape index (κ2) is 5.76. The number of β-amino-alcohol motifs (C(OH)–C–C–N with tert-alkyl or cyclic N) is 1. The number of pyridine rings is 1. The normalized spacial score (nSPS) is 21.1. The lowest BCUT2D eigenvalue weighted by Crippen LogP contribution is -2.31. The van der Waals surface area contributed by atoms with Crippen LogP contribution in [0.2, 0.25) is 0 Å². The van der Waals surface area contributed by atoms with Gasteiger partial charge in [0.1, 0.15) is 12.2 Å². The summed E-state index contributed by atoms with van der Waals surface area (Å²) in [5, 5.41) is 14.1. The number of aromatic nitrogens is 3. The minimum Gasteiger partial charge on any atom is -0.482 e. The molecule has 1 N–H and O–H groups in total. The standard InChI is InChI=1S/C15H18N4O3/c1-10-3-4-11(5-16-10)15(21)19-8-13(20)14(9-19)22-12-6-17-18(2)7-12/h3-7,13-14,20H,8-9H2,1-2H3/t13-,14-/m1/s1. The van der Waals surface area contributed by atoms with E-state index < -0.39 is 12.2 Å². The highest BCUT2D eigenvalue weighted by atomic mass is 16.5. The Bertz CT molecular complexity index is 668. The number of likely N-dealkylation sites (tertiary alicyclic amines) is 1. The lowest BCUT2D eigenvalue weighted by atomic mass is 10.2. The van der Waals surface area contributed by atoms with E-state index in [1.807, 2.05) is 6.92 Å². The summed E-state index contributed by atoms with van der Waals surface area (Å²) in [5.41, 5.74) is 1.37. The highest BCUT2D eigenvalue weighted by Crippen LogP contribution is 2.19. The maximum Gasteiger partial charge on any atom is 0.255 e. The number of aryl methyl sites for hydroxylation is 2. The molecule has 1 aliphatic rings. The molecule has 0 spiro atoms. The van der Waals surface area contributed by atoms with Gasteiger partial charge in [-0.2, -0.15) is 5.10 Å². The van der Waals surface area contributed by atoms with E-state index in [4.69, 9.17) is 4.74 Å². The average molecular weight is 302 g/mol. The molecule has 116 valence electrons. The minimum absolute atomic E-state index is 0.149. The summed E-state index contributed by atoms with van der Waals surface area (Å²) in [5.74, 6) is 0.432. The third-order valence-electron chi connectivity index (χ3n) is 3.65. The van der Waals surface area contributed by atoms with E-state index in [1.54, 1.807) is 47.4 Å². The fraction of sp³-hybridized carbons (Fsp3) is 0.400. The zero-order valence-electron chi connectivity index (χ0n) is 12.5. The molecule has 3 rings (SSSR count). The average Bonchev–Trinajstić information content (AvgIpc) is 3.06. The Morgan fingerprint density at radius 2 is 2.18 bits per heavy atom. The van der Waals surface area contributed by atoms with Gasteiger partial charge in [0.15, 0.2) is 5.75 Å². The van der Waals surface area contributed by atoms with Crippen LogP contribution in [-0.2, 0) is 7.05 Å². The summed E-state index contributed by atoms with van der Waals surface area (Å²) in [6.45, 7) is 2.45. The van der Waals surface area contributed by atoms with Crippen molar-refractivity contribution in [3.63, 3.8) is 0 Å². The van der Waals surface area contributed by atoms with E-state index in [0.29, 0.717) is 17.9 Å². The molecular weight excluding hydrogens is 284 g/mol. The van der Waals surface area contributed by atoms with E-state index in [0.717, 1.165) is 5.69 Å². The molecule has 2 atom stereocenters. The van der Waals surface area contributed by atoms with Gasteiger partial charge < -0.3 is 14.7 Å². The van der Waals surface area contributed by atoms with Crippen molar-refractivity contribution in [2.75, 3.05) is 13.1 Å². The van der Waals surface area contributed by atoms with Crippen LogP contribution in [0.5, 0.6) is 5.75 Å². The van der Waals surface area contributed by atoms with Gasteiger partial charge in [0.2, 0.25) is 0 Å². The van der Waals surface area contributed by atoms with Crippen molar-refractivity contribution in [1.29, 1.82) is 0 Å². The summed E-state index contributed by atoms with van der Waals surface area (Å²) < 4.78 is 7.32. The molecule has 1 fully saturated rings. The van der Waals surface area contributed by atoms with Crippen molar-refractivity contribution in [1.82, 2.24) is 19.7 Å².